The molecule has 0 atom stereocenters. The van der Waals surface area contributed by atoms with Crippen LogP contribution in [-0.4, -0.2) is 11.2 Å². The van der Waals surface area contributed by atoms with E-state index in [4.69, 9.17) is 5.11 Å². The third-order valence-electron chi connectivity index (χ3n) is 3.02. The Labute approximate surface area is 109 Å². The van der Waals surface area contributed by atoms with E-state index in [0.717, 1.165) is 19.3 Å². The number of aliphatic hydroxyl groups excluding tert-OH is 1. The van der Waals surface area contributed by atoms with E-state index in [1.54, 1.807) is 0 Å². The van der Waals surface area contributed by atoms with E-state index in [2.05, 4.69) is 55.5 Å². The fraction of sp³-hybridized carbons (Fsp3) is 0.294. The highest BCUT2D eigenvalue weighted by Crippen LogP contribution is 2.19. The number of aryl methyl sites for hydroxylation is 1. The molecule has 1 saturated carbocycles. The predicted octanol–water partition coefficient (Wildman–Crippen LogP) is 4.06. The summed E-state index contributed by atoms with van der Waals surface area (Å²) in [6.07, 6.45) is 3.27. The average molecular weight is 240 g/mol. The van der Waals surface area contributed by atoms with E-state index in [0.29, 0.717) is 0 Å². The molecule has 1 fully saturated rings. The van der Waals surface area contributed by atoms with Gasteiger partial charge in [-0.3, -0.25) is 0 Å². The number of aliphatic hydroxyl groups is 1. The first-order chi connectivity index (χ1) is 8.79. The molecule has 0 aromatic heterocycles. The lowest BCUT2D eigenvalue weighted by Gasteiger charge is -2.02. The van der Waals surface area contributed by atoms with Gasteiger partial charge in [-0.15, -0.1) is 0 Å². The van der Waals surface area contributed by atoms with Crippen molar-refractivity contribution in [3.05, 3.63) is 60.2 Å². The summed E-state index contributed by atoms with van der Waals surface area (Å²) in [6.45, 7) is 2.18. The van der Waals surface area contributed by atoms with Crippen LogP contribution in [0.2, 0.25) is 0 Å². The van der Waals surface area contributed by atoms with Gasteiger partial charge in [-0.25, -0.2) is 0 Å². The summed E-state index contributed by atoms with van der Waals surface area (Å²) in [4.78, 5) is 0. The summed E-state index contributed by atoms with van der Waals surface area (Å²) in [7, 11) is 0. The monoisotopic (exact) mass is 240 g/mol. The molecule has 0 bridgehead atoms. The first-order valence-electron chi connectivity index (χ1n) is 6.62. The van der Waals surface area contributed by atoms with E-state index in [9.17, 15) is 0 Å². The van der Waals surface area contributed by atoms with Crippen molar-refractivity contribution in [2.75, 3.05) is 0 Å². The smallest absolute Gasteiger partial charge is 0.0542 e. The van der Waals surface area contributed by atoms with Gasteiger partial charge in [0.15, 0.2) is 0 Å². The van der Waals surface area contributed by atoms with Crippen LogP contribution in [0.15, 0.2) is 54.6 Å². The Hall–Kier alpha value is -1.60. The fourth-order valence-corrected chi connectivity index (χ4v) is 1.64. The molecule has 2 aromatic rings. The molecule has 2 aromatic carbocycles. The van der Waals surface area contributed by atoms with E-state index < -0.39 is 0 Å². The van der Waals surface area contributed by atoms with Crippen molar-refractivity contribution < 1.29 is 5.11 Å². The number of hydrogen-bond acceptors (Lipinski definition) is 1. The van der Waals surface area contributed by atoms with Gasteiger partial charge in [0, 0.05) is 0 Å². The van der Waals surface area contributed by atoms with Crippen LogP contribution in [0.4, 0.5) is 0 Å². The molecule has 1 nitrogen and oxygen atoms in total. The normalized spacial score (nSPS) is 13.7. The molecule has 0 aliphatic heterocycles. The lowest BCUT2D eigenvalue weighted by atomic mass is 10.0. The van der Waals surface area contributed by atoms with Crippen LogP contribution in [0, 0.1) is 0 Å². The second-order valence-electron chi connectivity index (χ2n) is 4.65. The van der Waals surface area contributed by atoms with Crippen molar-refractivity contribution in [3.8, 4) is 11.1 Å². The van der Waals surface area contributed by atoms with Crippen molar-refractivity contribution in [3.63, 3.8) is 0 Å². The van der Waals surface area contributed by atoms with Crippen LogP contribution in [0.5, 0.6) is 0 Å². The van der Waals surface area contributed by atoms with Crippen LogP contribution in [0.1, 0.15) is 25.3 Å². The third-order valence-corrected chi connectivity index (χ3v) is 3.02. The third kappa shape index (κ3) is 4.01. The minimum absolute atomic E-state index is 0.0833. The zero-order chi connectivity index (χ0) is 12.8. The minimum Gasteiger partial charge on any atom is -0.393 e. The molecule has 0 saturated heterocycles. The summed E-state index contributed by atoms with van der Waals surface area (Å²) in [5.41, 5.74) is 3.97. The Balaban J connectivity index is 0.000000256. The molecule has 0 unspecified atom stereocenters. The molecule has 3 rings (SSSR count). The minimum atomic E-state index is 0.0833. The summed E-state index contributed by atoms with van der Waals surface area (Å²) in [5, 5.41) is 8.17. The zero-order valence-electron chi connectivity index (χ0n) is 10.8. The molecule has 94 valence electrons. The van der Waals surface area contributed by atoms with Gasteiger partial charge in [-0.05, 0) is 36.0 Å². The van der Waals surface area contributed by atoms with Gasteiger partial charge in [0.1, 0.15) is 0 Å². The van der Waals surface area contributed by atoms with Crippen molar-refractivity contribution >= 4 is 0 Å². The van der Waals surface area contributed by atoms with Gasteiger partial charge >= 0.3 is 0 Å². The highest BCUT2D eigenvalue weighted by atomic mass is 16.3. The van der Waals surface area contributed by atoms with Crippen molar-refractivity contribution in [1.29, 1.82) is 0 Å². The predicted molar refractivity (Wildman–Crippen MR) is 76.5 cm³/mol. The van der Waals surface area contributed by atoms with E-state index >= 15 is 0 Å². The zero-order valence-corrected chi connectivity index (χ0v) is 10.8. The van der Waals surface area contributed by atoms with Crippen LogP contribution < -0.4 is 0 Å². The summed E-state index contributed by atoms with van der Waals surface area (Å²) >= 11 is 0. The van der Waals surface area contributed by atoms with E-state index in [1.807, 2.05) is 6.07 Å². The Morgan fingerprint density at radius 1 is 0.889 bits per heavy atom. The van der Waals surface area contributed by atoms with Crippen LogP contribution >= 0.6 is 0 Å². The molecule has 0 amide bonds. The second-order valence-corrected chi connectivity index (χ2v) is 4.65. The average Bonchev–Trinajstić information content (AvgIpc) is 3.23. The van der Waals surface area contributed by atoms with Gasteiger partial charge in [-0.2, -0.15) is 0 Å². The Morgan fingerprint density at radius 3 is 1.83 bits per heavy atom. The maximum atomic E-state index is 8.17. The molecule has 1 aliphatic rings. The quantitative estimate of drug-likeness (QED) is 0.839. The SMILES string of the molecule is CCc1ccc(-c2ccccc2)cc1.OC1CC1. The molecular weight excluding hydrogens is 220 g/mol. The summed E-state index contributed by atoms with van der Waals surface area (Å²) < 4.78 is 0. The Bertz CT molecular complexity index is 455. The van der Waals surface area contributed by atoms with E-state index in [-0.39, 0.29) is 6.10 Å². The molecule has 18 heavy (non-hydrogen) atoms. The molecule has 1 N–H and O–H groups in total. The standard InChI is InChI=1S/C14H14.C3H6O/c1-2-12-8-10-14(11-9-12)13-6-4-3-5-7-13;4-3-1-2-3/h3-11H,2H2,1H3;3-4H,1-2H2. The van der Waals surface area contributed by atoms with Gasteiger partial charge < -0.3 is 5.11 Å². The highest BCUT2D eigenvalue weighted by Gasteiger charge is 2.15. The van der Waals surface area contributed by atoms with Crippen molar-refractivity contribution in [2.45, 2.75) is 32.3 Å². The van der Waals surface area contributed by atoms with Crippen LogP contribution in [0.25, 0.3) is 11.1 Å². The molecule has 0 heterocycles. The molecular formula is C17H20O. The van der Waals surface area contributed by atoms with Crippen molar-refractivity contribution in [2.24, 2.45) is 0 Å². The summed E-state index contributed by atoms with van der Waals surface area (Å²) in [5.74, 6) is 0. The maximum Gasteiger partial charge on any atom is 0.0542 e. The molecule has 1 heteroatoms. The van der Waals surface area contributed by atoms with Crippen molar-refractivity contribution in [1.82, 2.24) is 0 Å². The lowest BCUT2D eigenvalue weighted by molar-refractivity contribution is 0.279. The maximum absolute atomic E-state index is 8.17. The van der Waals surface area contributed by atoms with E-state index in [1.165, 1.54) is 16.7 Å². The fourth-order valence-electron chi connectivity index (χ4n) is 1.64. The van der Waals surface area contributed by atoms with Crippen LogP contribution in [0.3, 0.4) is 0 Å². The largest absolute Gasteiger partial charge is 0.393 e. The van der Waals surface area contributed by atoms with Gasteiger partial charge in [0.2, 0.25) is 0 Å². The van der Waals surface area contributed by atoms with Crippen LogP contribution in [-0.2, 0) is 6.42 Å². The Morgan fingerprint density at radius 2 is 1.39 bits per heavy atom. The second kappa shape index (κ2) is 6.36. The van der Waals surface area contributed by atoms with Gasteiger partial charge in [0.25, 0.3) is 0 Å². The number of rotatable bonds is 2. The first kappa shape index (κ1) is 12.8. The lowest BCUT2D eigenvalue weighted by Crippen LogP contribution is -1.80. The first-order valence-corrected chi connectivity index (χ1v) is 6.62. The molecule has 1 aliphatic carbocycles. The highest BCUT2D eigenvalue weighted by molar-refractivity contribution is 5.63. The van der Waals surface area contributed by atoms with Gasteiger partial charge in [-0.1, -0.05) is 61.5 Å². The Kier molecular flexibility index (Phi) is 4.54. The molecule has 0 radical (unpaired) electrons. The topological polar surface area (TPSA) is 20.2 Å². The number of benzene rings is 2. The summed E-state index contributed by atoms with van der Waals surface area (Å²) in [6, 6.07) is 19.2. The molecule has 0 spiro atoms. The van der Waals surface area contributed by atoms with Gasteiger partial charge in [0.05, 0.1) is 6.10 Å². The number of hydrogen-bond donors (Lipinski definition) is 1.